The van der Waals surface area contributed by atoms with Crippen LogP contribution in [0.2, 0.25) is 0 Å². The predicted octanol–water partition coefficient (Wildman–Crippen LogP) is 3.38. The lowest BCUT2D eigenvalue weighted by Crippen LogP contribution is -2.28. The minimum absolute atomic E-state index is 0.374. The minimum atomic E-state index is 0.374. The number of hydrogen-bond donors (Lipinski definition) is 1. The molecule has 2 nitrogen and oxygen atoms in total. The van der Waals surface area contributed by atoms with Gasteiger partial charge in [-0.3, -0.25) is 0 Å². The number of rotatable bonds is 7. The molecule has 3 unspecified atom stereocenters. The van der Waals surface area contributed by atoms with E-state index in [0.717, 1.165) is 31.4 Å². The average Bonchev–Trinajstić information content (AvgIpc) is 2.27. The van der Waals surface area contributed by atoms with Crippen molar-refractivity contribution in [3.05, 3.63) is 12.2 Å². The second-order valence-corrected chi connectivity index (χ2v) is 5.72. The molecule has 0 amide bonds. The Morgan fingerprint density at radius 3 is 2.59 bits per heavy atom. The van der Waals surface area contributed by atoms with E-state index >= 15 is 0 Å². The van der Waals surface area contributed by atoms with Crippen LogP contribution in [0.15, 0.2) is 12.2 Å². The highest BCUT2D eigenvalue weighted by Crippen LogP contribution is 2.25. The van der Waals surface area contributed by atoms with E-state index in [9.17, 15) is 0 Å². The summed E-state index contributed by atoms with van der Waals surface area (Å²) in [6, 6.07) is 0.575. The molecule has 2 heteroatoms. The summed E-state index contributed by atoms with van der Waals surface area (Å²) in [7, 11) is 0. The zero-order valence-electron chi connectivity index (χ0n) is 11.9. The van der Waals surface area contributed by atoms with E-state index in [1.165, 1.54) is 12.8 Å². The van der Waals surface area contributed by atoms with Gasteiger partial charge in [0.05, 0.1) is 12.7 Å². The largest absolute Gasteiger partial charge is 0.378 e. The van der Waals surface area contributed by atoms with Gasteiger partial charge in [0.2, 0.25) is 0 Å². The van der Waals surface area contributed by atoms with Gasteiger partial charge in [0, 0.05) is 6.04 Å². The quantitative estimate of drug-likeness (QED) is 0.688. The van der Waals surface area contributed by atoms with Crippen molar-refractivity contribution >= 4 is 0 Å². The lowest BCUT2D eigenvalue weighted by Gasteiger charge is -2.26. The maximum atomic E-state index is 5.96. The smallest absolute Gasteiger partial charge is 0.0559 e. The maximum absolute atomic E-state index is 5.96. The molecular weight excluding hydrogens is 210 g/mol. The van der Waals surface area contributed by atoms with Gasteiger partial charge in [0.25, 0.3) is 0 Å². The molecular formula is C15H29NO. The Morgan fingerprint density at radius 1 is 1.24 bits per heavy atom. The first-order chi connectivity index (χ1) is 8.09. The summed E-state index contributed by atoms with van der Waals surface area (Å²) in [6.45, 7) is 10.9. The lowest BCUT2D eigenvalue weighted by atomic mass is 9.85. The van der Waals surface area contributed by atoms with Crippen molar-refractivity contribution in [1.29, 1.82) is 0 Å². The number of ether oxygens (including phenoxy) is 1. The van der Waals surface area contributed by atoms with Crippen LogP contribution in [-0.4, -0.2) is 25.3 Å². The molecule has 0 bridgehead atoms. The number of nitrogens with one attached hydrogen (secondary N) is 1. The summed E-state index contributed by atoms with van der Waals surface area (Å²) in [6.07, 6.45) is 8.50. The third-order valence-corrected chi connectivity index (χ3v) is 3.62. The summed E-state index contributed by atoms with van der Waals surface area (Å²) in [5.74, 6) is 1.50. The summed E-state index contributed by atoms with van der Waals surface area (Å²) >= 11 is 0. The van der Waals surface area contributed by atoms with Gasteiger partial charge < -0.3 is 10.1 Å². The molecule has 0 radical (unpaired) electrons. The second-order valence-electron chi connectivity index (χ2n) is 5.72. The van der Waals surface area contributed by atoms with Gasteiger partial charge in [-0.25, -0.2) is 0 Å². The molecule has 1 N–H and O–H groups in total. The fourth-order valence-corrected chi connectivity index (χ4v) is 2.19. The van der Waals surface area contributed by atoms with Crippen molar-refractivity contribution in [1.82, 2.24) is 5.32 Å². The van der Waals surface area contributed by atoms with Gasteiger partial charge in [0.1, 0.15) is 0 Å². The van der Waals surface area contributed by atoms with Crippen LogP contribution >= 0.6 is 0 Å². The standard InChI is InChI=1S/C15H29NO/c1-12(2)16-10-9-14(4)17-11-15-8-6-5-7-13(15)3/h5-6,12-16H,7-11H2,1-4H3. The molecule has 0 spiro atoms. The SMILES string of the molecule is CC(C)NCCC(C)OCC1CC=CCC1C. The minimum Gasteiger partial charge on any atom is -0.378 e. The monoisotopic (exact) mass is 239 g/mol. The summed E-state index contributed by atoms with van der Waals surface area (Å²) in [4.78, 5) is 0. The van der Waals surface area contributed by atoms with Gasteiger partial charge in [-0.1, -0.05) is 32.9 Å². The van der Waals surface area contributed by atoms with Gasteiger partial charge in [-0.15, -0.1) is 0 Å². The Morgan fingerprint density at radius 2 is 1.94 bits per heavy atom. The molecule has 0 aromatic carbocycles. The van der Waals surface area contributed by atoms with Crippen LogP contribution in [0.5, 0.6) is 0 Å². The fourth-order valence-electron chi connectivity index (χ4n) is 2.19. The van der Waals surface area contributed by atoms with E-state index in [1.54, 1.807) is 0 Å². The van der Waals surface area contributed by atoms with Crippen molar-refractivity contribution in [3.8, 4) is 0 Å². The van der Waals surface area contributed by atoms with Crippen molar-refractivity contribution in [2.75, 3.05) is 13.2 Å². The highest BCUT2D eigenvalue weighted by molar-refractivity contribution is 4.93. The normalized spacial score (nSPS) is 26.4. The first kappa shape index (κ1) is 14.7. The van der Waals surface area contributed by atoms with Gasteiger partial charge >= 0.3 is 0 Å². The molecule has 0 fully saturated rings. The summed E-state index contributed by atoms with van der Waals surface area (Å²) in [5, 5.41) is 3.43. The Bertz CT molecular complexity index is 225. The van der Waals surface area contributed by atoms with Crippen LogP contribution < -0.4 is 5.32 Å². The fraction of sp³-hybridized carbons (Fsp3) is 0.867. The molecule has 0 saturated carbocycles. The van der Waals surface area contributed by atoms with E-state index in [1.807, 2.05) is 0 Å². The average molecular weight is 239 g/mol. The van der Waals surface area contributed by atoms with Crippen molar-refractivity contribution in [3.63, 3.8) is 0 Å². The molecule has 0 aliphatic heterocycles. The van der Waals surface area contributed by atoms with Crippen LogP contribution in [0.4, 0.5) is 0 Å². The molecule has 100 valence electrons. The Kier molecular flexibility index (Phi) is 6.83. The number of allylic oxidation sites excluding steroid dienone is 2. The van der Waals surface area contributed by atoms with Crippen LogP contribution in [0.3, 0.4) is 0 Å². The van der Waals surface area contributed by atoms with Gasteiger partial charge in [-0.2, -0.15) is 0 Å². The van der Waals surface area contributed by atoms with E-state index in [-0.39, 0.29) is 0 Å². The van der Waals surface area contributed by atoms with Crippen LogP contribution in [0.1, 0.15) is 47.0 Å². The molecule has 0 saturated heterocycles. The van der Waals surface area contributed by atoms with Crippen LogP contribution in [0, 0.1) is 11.8 Å². The van der Waals surface area contributed by atoms with Gasteiger partial charge in [0.15, 0.2) is 0 Å². The van der Waals surface area contributed by atoms with E-state index < -0.39 is 0 Å². The second kappa shape index (κ2) is 7.88. The number of hydrogen-bond acceptors (Lipinski definition) is 2. The molecule has 17 heavy (non-hydrogen) atoms. The van der Waals surface area contributed by atoms with E-state index in [4.69, 9.17) is 4.74 Å². The van der Waals surface area contributed by atoms with Crippen molar-refractivity contribution in [2.24, 2.45) is 11.8 Å². The van der Waals surface area contributed by atoms with Crippen molar-refractivity contribution in [2.45, 2.75) is 59.1 Å². The zero-order valence-corrected chi connectivity index (χ0v) is 11.9. The zero-order chi connectivity index (χ0) is 12.7. The summed E-state index contributed by atoms with van der Waals surface area (Å²) in [5.41, 5.74) is 0. The van der Waals surface area contributed by atoms with E-state index in [0.29, 0.717) is 12.1 Å². The third-order valence-electron chi connectivity index (χ3n) is 3.62. The molecule has 1 aliphatic rings. The highest BCUT2D eigenvalue weighted by Gasteiger charge is 2.19. The van der Waals surface area contributed by atoms with Gasteiger partial charge in [-0.05, 0) is 44.6 Å². The first-order valence-corrected chi connectivity index (χ1v) is 7.09. The molecule has 3 atom stereocenters. The molecule has 1 aliphatic carbocycles. The van der Waals surface area contributed by atoms with Crippen molar-refractivity contribution < 1.29 is 4.74 Å². The van der Waals surface area contributed by atoms with Crippen LogP contribution in [0.25, 0.3) is 0 Å². The Labute approximate surface area is 107 Å². The Hall–Kier alpha value is -0.340. The molecule has 0 aromatic heterocycles. The topological polar surface area (TPSA) is 21.3 Å². The first-order valence-electron chi connectivity index (χ1n) is 7.09. The third kappa shape index (κ3) is 6.23. The predicted molar refractivity (Wildman–Crippen MR) is 74.2 cm³/mol. The van der Waals surface area contributed by atoms with E-state index in [2.05, 4.69) is 45.2 Å². The summed E-state index contributed by atoms with van der Waals surface area (Å²) < 4.78 is 5.96. The molecule has 0 heterocycles. The highest BCUT2D eigenvalue weighted by atomic mass is 16.5. The molecule has 0 aromatic rings. The lowest BCUT2D eigenvalue weighted by molar-refractivity contribution is 0.0223. The Balaban J connectivity index is 2.10. The maximum Gasteiger partial charge on any atom is 0.0559 e. The van der Waals surface area contributed by atoms with Crippen LogP contribution in [-0.2, 0) is 4.74 Å². The molecule has 1 rings (SSSR count).